The Hall–Kier alpha value is -1.05. The van der Waals surface area contributed by atoms with Gasteiger partial charge in [0.2, 0.25) is 0 Å². The average Bonchev–Trinajstić information content (AvgIpc) is 2.10. The van der Waals surface area contributed by atoms with Crippen molar-refractivity contribution in [2.24, 2.45) is 7.05 Å². The number of anilines is 1. The minimum Gasteiger partial charge on any atom is -0.372 e. The lowest BCUT2D eigenvalue weighted by Crippen LogP contribution is -2.28. The number of aromatic nitrogens is 1. The van der Waals surface area contributed by atoms with E-state index in [0.717, 1.165) is 13.1 Å². The lowest BCUT2D eigenvalue weighted by molar-refractivity contribution is -0.671. The molecule has 0 radical (unpaired) electrons. The first-order valence-corrected chi connectivity index (χ1v) is 4.48. The molecule has 0 aliphatic rings. The molecular weight excluding hydrogens is 148 g/mol. The van der Waals surface area contributed by atoms with Crippen molar-refractivity contribution in [2.45, 2.75) is 13.8 Å². The second kappa shape index (κ2) is 4.10. The first kappa shape index (κ1) is 9.04. The summed E-state index contributed by atoms with van der Waals surface area (Å²) in [5.41, 5.74) is 1.30. The minimum absolute atomic E-state index is 1.07. The standard InChI is InChI=1S/C10H17N2/c1-4-12(5-2)10-6-8-11(3)9-7-10/h6-9H,4-5H2,1-3H3/q+1. The van der Waals surface area contributed by atoms with Gasteiger partial charge in [0.15, 0.2) is 12.4 Å². The van der Waals surface area contributed by atoms with Crippen LogP contribution in [0.4, 0.5) is 5.69 Å². The van der Waals surface area contributed by atoms with E-state index in [1.165, 1.54) is 5.69 Å². The Bertz CT molecular complexity index is 224. The van der Waals surface area contributed by atoms with E-state index >= 15 is 0 Å². The van der Waals surface area contributed by atoms with Gasteiger partial charge < -0.3 is 4.90 Å². The molecule has 0 aromatic carbocycles. The molecule has 12 heavy (non-hydrogen) atoms. The van der Waals surface area contributed by atoms with Gasteiger partial charge in [-0.25, -0.2) is 4.57 Å². The quantitative estimate of drug-likeness (QED) is 0.613. The number of rotatable bonds is 3. The Morgan fingerprint density at radius 1 is 1.17 bits per heavy atom. The molecule has 1 aromatic heterocycles. The van der Waals surface area contributed by atoms with E-state index in [1.807, 2.05) is 11.6 Å². The molecule has 0 unspecified atom stereocenters. The highest BCUT2D eigenvalue weighted by molar-refractivity contribution is 5.43. The van der Waals surface area contributed by atoms with Crippen LogP contribution in [0.5, 0.6) is 0 Å². The summed E-state index contributed by atoms with van der Waals surface area (Å²) >= 11 is 0. The van der Waals surface area contributed by atoms with Crippen LogP contribution in [0.3, 0.4) is 0 Å². The highest BCUT2D eigenvalue weighted by Crippen LogP contribution is 2.09. The maximum absolute atomic E-state index is 2.33. The van der Waals surface area contributed by atoms with Gasteiger partial charge in [0.1, 0.15) is 7.05 Å². The Kier molecular flexibility index (Phi) is 3.09. The molecule has 0 saturated heterocycles. The lowest BCUT2D eigenvalue weighted by atomic mass is 10.3. The summed E-state index contributed by atoms with van der Waals surface area (Å²) in [6, 6.07) is 4.29. The number of pyridine rings is 1. The minimum atomic E-state index is 1.07. The van der Waals surface area contributed by atoms with E-state index < -0.39 is 0 Å². The van der Waals surface area contributed by atoms with Crippen molar-refractivity contribution in [3.63, 3.8) is 0 Å². The summed E-state index contributed by atoms with van der Waals surface area (Å²) in [4.78, 5) is 2.33. The predicted molar refractivity (Wildman–Crippen MR) is 51.2 cm³/mol. The molecule has 66 valence electrons. The normalized spacial score (nSPS) is 9.92. The molecule has 2 nitrogen and oxygen atoms in total. The molecule has 0 N–H and O–H groups in total. The number of hydrogen-bond donors (Lipinski definition) is 0. The molecule has 0 bridgehead atoms. The van der Waals surface area contributed by atoms with Crippen molar-refractivity contribution in [1.29, 1.82) is 0 Å². The van der Waals surface area contributed by atoms with Crippen molar-refractivity contribution in [3.8, 4) is 0 Å². The molecule has 0 aliphatic carbocycles. The van der Waals surface area contributed by atoms with E-state index in [9.17, 15) is 0 Å². The maximum Gasteiger partial charge on any atom is 0.170 e. The Morgan fingerprint density at radius 2 is 1.67 bits per heavy atom. The molecule has 0 amide bonds. The second-order valence-electron chi connectivity index (χ2n) is 2.89. The summed E-state index contributed by atoms with van der Waals surface area (Å²) in [5.74, 6) is 0. The molecule has 0 saturated carbocycles. The monoisotopic (exact) mass is 165 g/mol. The van der Waals surface area contributed by atoms with Gasteiger partial charge in [-0.15, -0.1) is 0 Å². The number of hydrogen-bond acceptors (Lipinski definition) is 1. The van der Waals surface area contributed by atoms with E-state index in [0.29, 0.717) is 0 Å². The predicted octanol–water partition coefficient (Wildman–Crippen LogP) is 1.36. The first-order chi connectivity index (χ1) is 5.77. The summed E-state index contributed by atoms with van der Waals surface area (Å²) in [6.07, 6.45) is 4.15. The van der Waals surface area contributed by atoms with Crippen molar-refractivity contribution < 1.29 is 4.57 Å². The fourth-order valence-corrected chi connectivity index (χ4v) is 1.29. The van der Waals surface area contributed by atoms with Crippen LogP contribution in [0.1, 0.15) is 13.8 Å². The van der Waals surface area contributed by atoms with Gasteiger partial charge in [-0.3, -0.25) is 0 Å². The van der Waals surface area contributed by atoms with Crippen LogP contribution >= 0.6 is 0 Å². The van der Waals surface area contributed by atoms with Gasteiger partial charge in [-0.1, -0.05) is 0 Å². The van der Waals surface area contributed by atoms with Crippen LogP contribution in [-0.2, 0) is 7.05 Å². The Labute approximate surface area is 74.4 Å². The summed E-state index contributed by atoms with van der Waals surface area (Å²) in [5, 5.41) is 0. The van der Waals surface area contributed by atoms with E-state index in [2.05, 4.69) is 43.3 Å². The zero-order valence-electron chi connectivity index (χ0n) is 8.12. The lowest BCUT2D eigenvalue weighted by Gasteiger charge is -2.19. The van der Waals surface area contributed by atoms with Crippen LogP contribution in [0.25, 0.3) is 0 Å². The van der Waals surface area contributed by atoms with E-state index in [-0.39, 0.29) is 0 Å². The molecule has 0 spiro atoms. The summed E-state index contributed by atoms with van der Waals surface area (Å²) < 4.78 is 2.05. The highest BCUT2D eigenvalue weighted by Gasteiger charge is 2.01. The van der Waals surface area contributed by atoms with Gasteiger partial charge in [-0.2, -0.15) is 0 Å². The molecule has 1 heterocycles. The number of aryl methyl sites for hydroxylation is 1. The molecular formula is C10H17N2+. The van der Waals surface area contributed by atoms with Crippen LogP contribution in [0.15, 0.2) is 24.5 Å². The molecule has 2 heteroatoms. The summed E-state index contributed by atoms with van der Waals surface area (Å²) in [7, 11) is 2.03. The smallest absolute Gasteiger partial charge is 0.170 e. The van der Waals surface area contributed by atoms with Crippen LogP contribution in [0.2, 0.25) is 0 Å². The van der Waals surface area contributed by atoms with Crippen molar-refractivity contribution >= 4 is 5.69 Å². The van der Waals surface area contributed by atoms with Crippen LogP contribution in [0, 0.1) is 0 Å². The van der Waals surface area contributed by atoms with Crippen molar-refractivity contribution in [3.05, 3.63) is 24.5 Å². The fourth-order valence-electron chi connectivity index (χ4n) is 1.29. The molecule has 0 fully saturated rings. The Balaban J connectivity index is 2.80. The van der Waals surface area contributed by atoms with Gasteiger partial charge in [0, 0.05) is 30.9 Å². The van der Waals surface area contributed by atoms with Crippen molar-refractivity contribution in [2.75, 3.05) is 18.0 Å². The van der Waals surface area contributed by atoms with Gasteiger partial charge in [0.05, 0.1) is 0 Å². The third-order valence-electron chi connectivity index (χ3n) is 2.09. The zero-order valence-corrected chi connectivity index (χ0v) is 8.12. The molecule has 0 aliphatic heterocycles. The highest BCUT2D eigenvalue weighted by atomic mass is 15.1. The van der Waals surface area contributed by atoms with Crippen molar-refractivity contribution in [1.82, 2.24) is 0 Å². The summed E-state index contributed by atoms with van der Waals surface area (Å²) in [6.45, 7) is 6.50. The first-order valence-electron chi connectivity index (χ1n) is 4.48. The van der Waals surface area contributed by atoms with Gasteiger partial charge >= 0.3 is 0 Å². The van der Waals surface area contributed by atoms with Gasteiger partial charge in [-0.05, 0) is 13.8 Å². The third-order valence-corrected chi connectivity index (χ3v) is 2.09. The second-order valence-corrected chi connectivity index (χ2v) is 2.89. The molecule has 0 atom stereocenters. The zero-order chi connectivity index (χ0) is 8.97. The van der Waals surface area contributed by atoms with Crippen LogP contribution < -0.4 is 9.47 Å². The average molecular weight is 165 g/mol. The number of nitrogens with zero attached hydrogens (tertiary/aromatic N) is 2. The van der Waals surface area contributed by atoms with Crippen LogP contribution in [-0.4, -0.2) is 13.1 Å². The maximum atomic E-state index is 2.33. The third kappa shape index (κ3) is 1.97. The van der Waals surface area contributed by atoms with E-state index in [4.69, 9.17) is 0 Å². The molecule has 1 aromatic rings. The fraction of sp³-hybridized carbons (Fsp3) is 0.500. The van der Waals surface area contributed by atoms with E-state index in [1.54, 1.807) is 0 Å². The Morgan fingerprint density at radius 3 is 2.08 bits per heavy atom. The topological polar surface area (TPSA) is 7.12 Å². The SMILES string of the molecule is CCN(CC)c1cc[n+](C)cc1. The molecule has 1 rings (SSSR count). The van der Waals surface area contributed by atoms with Gasteiger partial charge in [0.25, 0.3) is 0 Å². The largest absolute Gasteiger partial charge is 0.372 e.